The molecule has 0 radical (unpaired) electrons. The Balaban J connectivity index is 1.81. The number of Topliss-reactive ketones (excluding diaryl/α,β-unsaturated/α-hetero) is 2. The van der Waals surface area contributed by atoms with Gasteiger partial charge in [-0.05, 0) is 84.9 Å². The second-order valence-corrected chi connectivity index (χ2v) is 14.5. The van der Waals surface area contributed by atoms with Crippen molar-refractivity contribution >= 4 is 46.5 Å². The molecule has 264 valence electrons. The average molecular weight is 672 g/mol. The van der Waals surface area contributed by atoms with Gasteiger partial charge in [-0.15, -0.1) is 0 Å². The van der Waals surface area contributed by atoms with Crippen molar-refractivity contribution in [3.8, 4) is 5.75 Å². The lowest BCUT2D eigenvalue weighted by Gasteiger charge is -2.25. The molecule has 0 aliphatic carbocycles. The number of amides is 3. The van der Waals surface area contributed by atoms with Gasteiger partial charge in [-0.3, -0.25) is 19.2 Å². The summed E-state index contributed by atoms with van der Waals surface area (Å²) in [6.45, 7) is 13.2. The summed E-state index contributed by atoms with van der Waals surface area (Å²) in [7, 11) is 1.54. The number of ether oxygens (including phenoxy) is 4. The maximum Gasteiger partial charge on any atom is 0.509 e. The van der Waals surface area contributed by atoms with Gasteiger partial charge in [-0.2, -0.15) is 0 Å². The summed E-state index contributed by atoms with van der Waals surface area (Å²) in [6, 6.07) is 5.83. The van der Waals surface area contributed by atoms with Gasteiger partial charge >= 0.3 is 12.2 Å². The number of imide groups is 1. The molecular formula is C35H49N3O10. The zero-order valence-electron chi connectivity index (χ0n) is 29.4. The molecule has 1 fully saturated rings. The maximum absolute atomic E-state index is 13.8. The summed E-state index contributed by atoms with van der Waals surface area (Å²) < 4.78 is 20.9. The third-order valence-electron chi connectivity index (χ3n) is 7.58. The molecule has 0 saturated carbocycles. The molecule has 1 aliphatic heterocycles. The number of likely N-dealkylation sites (tertiary alicyclic amines) is 1. The number of methoxy groups -OCH3 is 1. The van der Waals surface area contributed by atoms with Crippen LogP contribution in [0, 0.1) is 17.8 Å². The Morgan fingerprint density at radius 3 is 2.29 bits per heavy atom. The lowest BCUT2D eigenvalue weighted by atomic mass is 9.89. The Morgan fingerprint density at radius 2 is 1.69 bits per heavy atom. The molecule has 1 aliphatic rings. The van der Waals surface area contributed by atoms with Crippen molar-refractivity contribution in [1.29, 1.82) is 0 Å². The van der Waals surface area contributed by atoms with Gasteiger partial charge in [0.25, 0.3) is 0 Å². The Bertz CT molecular complexity index is 1510. The van der Waals surface area contributed by atoms with E-state index < -0.39 is 65.5 Å². The molecule has 0 unspecified atom stereocenters. The van der Waals surface area contributed by atoms with Crippen LogP contribution in [0.15, 0.2) is 24.3 Å². The Labute approximate surface area is 281 Å². The van der Waals surface area contributed by atoms with Crippen molar-refractivity contribution in [3.63, 3.8) is 0 Å². The standard InChI is InChI=1S/C35H49N3O10/c1-20(2)15-22(17-27(39)26-18-23-24(36-26)11-10-12-29(23)45-9)30(41)37-25(28(40)19-46-33(44)48-35(6,7)8)16-21-13-14-38(31(21)42)32(43)47-34(3,4)5/h10-12,18,20-22,25,36H,13-17,19H2,1-9H3,(H,37,41)/t21-,22+,25-/m0/s1. The van der Waals surface area contributed by atoms with E-state index in [-0.39, 0.29) is 37.5 Å². The smallest absolute Gasteiger partial charge is 0.496 e. The molecule has 2 heterocycles. The second kappa shape index (κ2) is 15.7. The minimum atomic E-state index is -1.26. The second-order valence-electron chi connectivity index (χ2n) is 14.5. The van der Waals surface area contributed by atoms with E-state index in [1.807, 2.05) is 19.9 Å². The van der Waals surface area contributed by atoms with E-state index in [2.05, 4.69) is 10.3 Å². The monoisotopic (exact) mass is 671 g/mol. The van der Waals surface area contributed by atoms with Gasteiger partial charge in [0, 0.05) is 35.7 Å². The zero-order valence-corrected chi connectivity index (χ0v) is 29.4. The summed E-state index contributed by atoms with van der Waals surface area (Å²) in [6.07, 6.45) is -1.57. The highest BCUT2D eigenvalue weighted by Crippen LogP contribution is 2.29. The number of ketones is 2. The lowest BCUT2D eigenvalue weighted by molar-refractivity contribution is -0.134. The number of aromatic amines is 1. The molecule has 13 heteroatoms. The number of aromatic nitrogens is 1. The Morgan fingerprint density at radius 1 is 1.02 bits per heavy atom. The predicted molar refractivity (Wildman–Crippen MR) is 177 cm³/mol. The topological polar surface area (TPSA) is 170 Å². The van der Waals surface area contributed by atoms with Crippen LogP contribution in [0.2, 0.25) is 0 Å². The van der Waals surface area contributed by atoms with Crippen LogP contribution >= 0.6 is 0 Å². The van der Waals surface area contributed by atoms with E-state index in [1.54, 1.807) is 59.7 Å². The van der Waals surface area contributed by atoms with Crippen molar-refractivity contribution in [2.45, 2.75) is 98.3 Å². The van der Waals surface area contributed by atoms with Crippen molar-refractivity contribution in [2.24, 2.45) is 17.8 Å². The number of hydrogen-bond donors (Lipinski definition) is 2. The summed E-state index contributed by atoms with van der Waals surface area (Å²) in [5, 5.41) is 3.46. The Kier molecular flexibility index (Phi) is 12.4. The largest absolute Gasteiger partial charge is 0.509 e. The molecule has 3 atom stereocenters. The first kappa shape index (κ1) is 38.0. The van der Waals surface area contributed by atoms with Gasteiger partial charge < -0.3 is 29.2 Å². The molecule has 0 bridgehead atoms. The first-order chi connectivity index (χ1) is 22.3. The third-order valence-corrected chi connectivity index (χ3v) is 7.58. The number of nitrogens with one attached hydrogen (secondary N) is 2. The number of fused-ring (bicyclic) bond motifs is 1. The fourth-order valence-electron chi connectivity index (χ4n) is 5.45. The van der Waals surface area contributed by atoms with Crippen molar-refractivity contribution in [3.05, 3.63) is 30.0 Å². The fourth-order valence-corrected chi connectivity index (χ4v) is 5.45. The van der Waals surface area contributed by atoms with Crippen molar-refractivity contribution in [1.82, 2.24) is 15.2 Å². The van der Waals surface area contributed by atoms with Gasteiger partial charge in [0.05, 0.1) is 18.8 Å². The van der Waals surface area contributed by atoms with Crippen LogP contribution in [0.3, 0.4) is 0 Å². The number of rotatable bonds is 13. The fraction of sp³-hybridized carbons (Fsp3) is 0.600. The molecule has 1 aromatic heterocycles. The molecule has 3 amide bonds. The van der Waals surface area contributed by atoms with Crippen LogP contribution < -0.4 is 10.1 Å². The van der Waals surface area contributed by atoms with Crippen LogP contribution in [0.5, 0.6) is 5.75 Å². The van der Waals surface area contributed by atoms with Crippen LogP contribution in [0.25, 0.3) is 10.9 Å². The first-order valence-corrected chi connectivity index (χ1v) is 16.2. The number of hydrogen-bond acceptors (Lipinski definition) is 10. The third kappa shape index (κ3) is 10.8. The SMILES string of the molecule is COc1cccc2[nH]c(C(=O)C[C@@H](CC(C)C)C(=O)N[C@@H](C[C@@H]3CCN(C(=O)OC(C)(C)C)C3=O)C(=O)COC(=O)OC(C)(C)C)cc12. The highest BCUT2D eigenvalue weighted by Gasteiger charge is 2.41. The normalized spacial score (nSPS) is 16.4. The van der Waals surface area contributed by atoms with Gasteiger partial charge in [-0.1, -0.05) is 19.9 Å². The summed E-state index contributed by atoms with van der Waals surface area (Å²) >= 11 is 0. The Hall–Kier alpha value is -4.42. The number of carbonyl (C=O) groups excluding carboxylic acids is 6. The van der Waals surface area contributed by atoms with E-state index in [1.165, 1.54) is 7.11 Å². The highest BCUT2D eigenvalue weighted by atomic mass is 16.7. The molecule has 13 nitrogen and oxygen atoms in total. The minimum Gasteiger partial charge on any atom is -0.496 e. The van der Waals surface area contributed by atoms with Gasteiger partial charge in [0.1, 0.15) is 17.0 Å². The van der Waals surface area contributed by atoms with E-state index in [0.717, 1.165) is 10.3 Å². The van der Waals surface area contributed by atoms with Gasteiger partial charge in [-0.25, -0.2) is 14.5 Å². The average Bonchev–Trinajstić information content (AvgIpc) is 3.56. The number of H-pyrrole nitrogens is 1. The van der Waals surface area contributed by atoms with Crippen LogP contribution in [-0.2, 0) is 28.6 Å². The molecule has 2 N–H and O–H groups in total. The van der Waals surface area contributed by atoms with Crippen LogP contribution in [0.4, 0.5) is 9.59 Å². The quantitative estimate of drug-likeness (QED) is 0.202. The molecular weight excluding hydrogens is 622 g/mol. The molecule has 48 heavy (non-hydrogen) atoms. The van der Waals surface area contributed by atoms with E-state index in [0.29, 0.717) is 23.4 Å². The van der Waals surface area contributed by atoms with Gasteiger partial charge in [0.2, 0.25) is 11.8 Å². The van der Waals surface area contributed by atoms with Crippen molar-refractivity contribution in [2.75, 3.05) is 20.3 Å². The van der Waals surface area contributed by atoms with E-state index in [9.17, 15) is 28.8 Å². The zero-order chi connectivity index (χ0) is 36.0. The summed E-state index contributed by atoms with van der Waals surface area (Å²) in [5.41, 5.74) is -0.655. The summed E-state index contributed by atoms with van der Waals surface area (Å²) in [4.78, 5) is 82.9. The molecule has 1 saturated heterocycles. The van der Waals surface area contributed by atoms with Crippen molar-refractivity contribution < 1.29 is 47.7 Å². The number of benzene rings is 1. The van der Waals surface area contributed by atoms with Crippen LogP contribution in [-0.4, -0.2) is 83.0 Å². The number of nitrogens with zero attached hydrogens (tertiary/aromatic N) is 1. The minimum absolute atomic E-state index is 0.0276. The van der Waals surface area contributed by atoms with Crippen LogP contribution in [0.1, 0.15) is 91.6 Å². The highest BCUT2D eigenvalue weighted by molar-refractivity contribution is 6.03. The first-order valence-electron chi connectivity index (χ1n) is 16.2. The summed E-state index contributed by atoms with van der Waals surface area (Å²) in [5.74, 6) is -3.05. The molecule has 1 aromatic carbocycles. The number of carbonyl (C=O) groups is 6. The maximum atomic E-state index is 13.8. The molecule has 2 aromatic rings. The molecule has 3 rings (SSSR count). The predicted octanol–water partition coefficient (Wildman–Crippen LogP) is 5.59. The van der Waals surface area contributed by atoms with E-state index in [4.69, 9.17) is 18.9 Å². The molecule has 0 spiro atoms. The van der Waals surface area contributed by atoms with Gasteiger partial charge in [0.15, 0.2) is 18.2 Å². The lowest BCUT2D eigenvalue weighted by Crippen LogP contribution is -2.47. The van der Waals surface area contributed by atoms with E-state index >= 15 is 0 Å².